The van der Waals surface area contributed by atoms with Gasteiger partial charge in [-0.3, -0.25) is 4.79 Å². The lowest BCUT2D eigenvalue weighted by Crippen LogP contribution is -2.42. The third kappa shape index (κ3) is 3.44. The van der Waals surface area contributed by atoms with E-state index in [1.807, 2.05) is 30.9 Å². The lowest BCUT2D eigenvalue weighted by atomic mass is 10.0. The smallest absolute Gasteiger partial charge is 0.279 e. The number of aryl methyl sites for hydroxylation is 2. The Bertz CT molecular complexity index is 1260. The largest absolute Gasteiger partial charge is 0.322 e. The van der Waals surface area contributed by atoms with Crippen LogP contribution in [0.2, 0.25) is 0 Å². The van der Waals surface area contributed by atoms with Gasteiger partial charge >= 0.3 is 0 Å². The van der Waals surface area contributed by atoms with Crippen LogP contribution in [-0.2, 0) is 6.42 Å². The topological polar surface area (TPSA) is 61.4 Å². The first-order chi connectivity index (χ1) is 13.8. The Morgan fingerprint density at radius 1 is 1.14 bits per heavy atom. The molecule has 0 fully saturated rings. The number of fused-ring (bicyclic) bond motifs is 2. The monoisotopic (exact) mass is 394 g/mol. The second-order valence-electron chi connectivity index (χ2n) is 7.18. The summed E-state index contributed by atoms with van der Waals surface area (Å²) in [7, 11) is 0. The summed E-state index contributed by atoms with van der Waals surface area (Å²) in [6, 6.07) is 7.78. The molecule has 1 N–H and O–H groups in total. The molecule has 0 spiro atoms. The number of hydrogen-bond acceptors (Lipinski definition) is 4. The van der Waals surface area contributed by atoms with Crippen LogP contribution in [0.5, 0.6) is 0 Å². The molecular weight excluding hydrogens is 374 g/mol. The average Bonchev–Trinajstić information content (AvgIpc) is 2.65. The summed E-state index contributed by atoms with van der Waals surface area (Å²) in [6.07, 6.45) is 0.687. The van der Waals surface area contributed by atoms with Gasteiger partial charge in [-0.05, 0) is 62.1 Å². The van der Waals surface area contributed by atoms with Gasteiger partial charge in [-0.1, -0.05) is 12.6 Å². The van der Waals surface area contributed by atoms with Gasteiger partial charge in [-0.2, -0.15) is 0 Å². The molecular formula is C22H20F2N4O. The molecule has 7 heteroatoms. The van der Waals surface area contributed by atoms with Gasteiger partial charge in [0.25, 0.3) is 5.56 Å². The van der Waals surface area contributed by atoms with Crippen LogP contribution in [0.15, 0.2) is 40.1 Å². The molecule has 0 saturated heterocycles. The van der Waals surface area contributed by atoms with Crippen LogP contribution in [-0.4, -0.2) is 16.5 Å². The second kappa shape index (κ2) is 7.24. The maximum Gasteiger partial charge on any atom is 0.279 e. The number of aromatic nitrogens is 2. The molecule has 1 aliphatic rings. The number of nitrogens with zero attached hydrogens (tertiary/aromatic N) is 3. The predicted octanol–water partition coefficient (Wildman–Crippen LogP) is 3.11. The minimum atomic E-state index is -0.555. The van der Waals surface area contributed by atoms with Gasteiger partial charge in [-0.25, -0.2) is 18.8 Å². The van der Waals surface area contributed by atoms with E-state index in [0.717, 1.165) is 16.8 Å². The maximum absolute atomic E-state index is 14.0. The van der Waals surface area contributed by atoms with Crippen molar-refractivity contribution in [1.29, 1.82) is 0 Å². The summed E-state index contributed by atoms with van der Waals surface area (Å²) >= 11 is 0. The highest BCUT2D eigenvalue weighted by Crippen LogP contribution is 2.36. The lowest BCUT2D eigenvalue weighted by molar-refractivity contribution is 0.550. The van der Waals surface area contributed by atoms with E-state index in [-0.39, 0.29) is 28.4 Å². The quantitative estimate of drug-likeness (QED) is 0.740. The molecule has 2 aromatic carbocycles. The summed E-state index contributed by atoms with van der Waals surface area (Å²) in [5, 5.41) is 0.213. The summed E-state index contributed by atoms with van der Waals surface area (Å²) in [5.41, 5.74) is 3.55. The molecule has 1 aliphatic heterocycles. The van der Waals surface area contributed by atoms with E-state index in [2.05, 4.69) is 21.5 Å². The van der Waals surface area contributed by atoms with E-state index in [9.17, 15) is 13.6 Å². The highest BCUT2D eigenvalue weighted by molar-refractivity contribution is 5.77. The van der Waals surface area contributed by atoms with Crippen LogP contribution in [0, 0.1) is 25.5 Å². The van der Waals surface area contributed by atoms with Crippen molar-refractivity contribution in [3.8, 4) is 0 Å². The molecule has 1 aromatic heterocycles. The van der Waals surface area contributed by atoms with E-state index in [4.69, 9.17) is 0 Å². The van der Waals surface area contributed by atoms with Gasteiger partial charge in [0.2, 0.25) is 0 Å². The zero-order valence-corrected chi connectivity index (χ0v) is 16.2. The van der Waals surface area contributed by atoms with Crippen molar-refractivity contribution in [2.75, 3.05) is 11.4 Å². The Morgan fingerprint density at radius 3 is 2.55 bits per heavy atom. The fourth-order valence-electron chi connectivity index (χ4n) is 3.53. The standard InChI is InChI=1S/C22H20F2N4O/c1-12-10-18-19(11-13(12)2)28(21-20(27-18)22(29)26-14(3)25-21)9-5-6-15-16(23)7-4-8-17(15)24/h4,7-8,10-11H,3,5-6,9H2,1-2H3,(H,26,29). The number of H-pyrrole nitrogens is 1. The zero-order chi connectivity index (χ0) is 20.7. The van der Waals surface area contributed by atoms with Crippen LogP contribution in [0.1, 0.15) is 23.1 Å². The number of anilines is 2. The first-order valence-electron chi connectivity index (χ1n) is 9.35. The predicted molar refractivity (Wildman–Crippen MR) is 108 cm³/mol. The molecule has 5 nitrogen and oxygen atoms in total. The van der Waals surface area contributed by atoms with Gasteiger partial charge < -0.3 is 9.88 Å². The van der Waals surface area contributed by atoms with Crippen LogP contribution in [0.3, 0.4) is 0 Å². The molecule has 3 aromatic rings. The average molecular weight is 394 g/mol. The maximum atomic E-state index is 14.0. The summed E-state index contributed by atoms with van der Waals surface area (Å²) < 4.78 is 27.9. The number of rotatable bonds is 4. The Hall–Kier alpha value is -3.35. The number of halogens is 2. The highest BCUT2D eigenvalue weighted by atomic mass is 19.1. The Balaban J connectivity index is 1.75. The van der Waals surface area contributed by atoms with E-state index < -0.39 is 11.6 Å². The van der Waals surface area contributed by atoms with Gasteiger partial charge in [0, 0.05) is 12.1 Å². The molecule has 29 heavy (non-hydrogen) atoms. The molecule has 0 unspecified atom stereocenters. The third-order valence-corrected chi connectivity index (χ3v) is 5.17. The Labute approximate surface area is 166 Å². The van der Waals surface area contributed by atoms with Gasteiger partial charge in [0.05, 0.1) is 11.4 Å². The number of hydrogen-bond donors (Lipinski definition) is 1. The molecule has 0 atom stereocenters. The fraction of sp³-hybridized carbons (Fsp3) is 0.227. The molecule has 148 valence electrons. The first-order valence-corrected chi connectivity index (χ1v) is 9.35. The lowest BCUT2D eigenvalue weighted by Gasteiger charge is -2.28. The summed E-state index contributed by atoms with van der Waals surface area (Å²) in [4.78, 5) is 25.8. The van der Waals surface area contributed by atoms with E-state index in [1.165, 1.54) is 18.2 Å². The minimum absolute atomic E-state index is 0.0615. The van der Waals surface area contributed by atoms with Crippen LogP contribution in [0.4, 0.5) is 26.0 Å². The minimum Gasteiger partial charge on any atom is -0.322 e. The zero-order valence-electron chi connectivity index (χ0n) is 16.2. The Kier molecular flexibility index (Phi) is 4.74. The van der Waals surface area contributed by atoms with Crippen molar-refractivity contribution in [1.82, 2.24) is 9.97 Å². The molecule has 0 radical (unpaired) electrons. The fourth-order valence-corrected chi connectivity index (χ4v) is 3.53. The summed E-state index contributed by atoms with van der Waals surface area (Å²) in [6.45, 7) is 8.12. The molecule has 2 heterocycles. The van der Waals surface area contributed by atoms with Crippen molar-refractivity contribution in [2.24, 2.45) is 4.99 Å². The molecule has 0 aliphatic carbocycles. The van der Waals surface area contributed by atoms with Gasteiger partial charge in [-0.15, -0.1) is 0 Å². The van der Waals surface area contributed by atoms with Gasteiger partial charge in [0.1, 0.15) is 17.1 Å². The normalized spacial score (nSPS) is 12.3. The third-order valence-electron chi connectivity index (χ3n) is 5.17. The van der Waals surface area contributed by atoms with Crippen molar-refractivity contribution < 1.29 is 8.78 Å². The number of nitrogens with one attached hydrogen (secondary N) is 1. The van der Waals surface area contributed by atoms with Crippen LogP contribution < -0.4 is 21.3 Å². The first kappa shape index (κ1) is 19.0. The summed E-state index contributed by atoms with van der Waals surface area (Å²) in [5.74, 6) is -0.704. The van der Waals surface area contributed by atoms with Crippen molar-refractivity contribution in [3.05, 3.63) is 79.8 Å². The van der Waals surface area contributed by atoms with Crippen molar-refractivity contribution >= 4 is 23.8 Å². The SMILES string of the molecule is C=c1nc2c(c(=O)[nH]1)=Nc1cc(C)c(C)cc1N2CCCc1c(F)cccc1F. The van der Waals surface area contributed by atoms with Crippen molar-refractivity contribution in [2.45, 2.75) is 26.7 Å². The molecule has 0 saturated carbocycles. The molecule has 0 amide bonds. The highest BCUT2D eigenvalue weighted by Gasteiger charge is 2.23. The van der Waals surface area contributed by atoms with E-state index >= 15 is 0 Å². The van der Waals surface area contributed by atoms with E-state index in [1.54, 1.807) is 0 Å². The van der Waals surface area contributed by atoms with Crippen molar-refractivity contribution in [3.63, 3.8) is 0 Å². The Morgan fingerprint density at radius 2 is 1.83 bits per heavy atom. The molecule has 0 bridgehead atoms. The van der Waals surface area contributed by atoms with Crippen LogP contribution in [0.25, 0.3) is 6.58 Å². The second-order valence-corrected chi connectivity index (χ2v) is 7.18. The molecule has 4 rings (SSSR count). The van der Waals surface area contributed by atoms with E-state index in [0.29, 0.717) is 24.5 Å². The number of aromatic amines is 1. The number of benzene rings is 2. The van der Waals surface area contributed by atoms with Crippen LogP contribution >= 0.6 is 0 Å². The van der Waals surface area contributed by atoms with Gasteiger partial charge in [0.15, 0.2) is 11.2 Å².